The third kappa shape index (κ3) is 7.13. The molecule has 0 saturated carbocycles. The van der Waals surface area contributed by atoms with Crippen molar-refractivity contribution in [2.75, 3.05) is 38.9 Å². The zero-order valence-corrected chi connectivity index (χ0v) is 23.3. The second-order valence-corrected chi connectivity index (χ2v) is 9.59. The molecule has 0 bridgehead atoms. The van der Waals surface area contributed by atoms with Gasteiger partial charge in [-0.3, -0.25) is 9.59 Å². The summed E-state index contributed by atoms with van der Waals surface area (Å²) < 4.78 is 30.6. The van der Waals surface area contributed by atoms with Gasteiger partial charge >= 0.3 is 6.03 Å². The zero-order valence-electron chi connectivity index (χ0n) is 23.3. The van der Waals surface area contributed by atoms with Crippen molar-refractivity contribution >= 4 is 23.5 Å². The van der Waals surface area contributed by atoms with Crippen LogP contribution < -0.4 is 15.4 Å². The van der Waals surface area contributed by atoms with E-state index >= 15 is 0 Å². The molecule has 10 heteroatoms. The standard InChI is InChI=1S/C32H32FN3O6/c1-4-22-10-15-27(26(33)20-22)34-30(37)29(21(2)23-8-6-5-7-9-23)36-31(38)28(35-32(36)39)24-11-13-25(14-12-24)42-19-18-41-17-16-40-3/h1,5-15,20-21,28-29H,16-19H2,2-3H3,(H,34,37)(H,35,39)/t21-,28+,29?/m0/s1. The van der Waals surface area contributed by atoms with Crippen molar-refractivity contribution in [3.63, 3.8) is 0 Å². The molecule has 42 heavy (non-hydrogen) atoms. The predicted molar refractivity (Wildman–Crippen MR) is 154 cm³/mol. The van der Waals surface area contributed by atoms with E-state index in [-0.39, 0.29) is 5.69 Å². The summed E-state index contributed by atoms with van der Waals surface area (Å²) in [6, 6.07) is 16.6. The minimum absolute atomic E-state index is 0.118. The average Bonchev–Trinajstić information content (AvgIpc) is 3.29. The molecule has 0 spiro atoms. The average molecular weight is 574 g/mol. The molecule has 0 radical (unpaired) electrons. The maximum absolute atomic E-state index is 14.7. The van der Waals surface area contributed by atoms with E-state index in [1.807, 2.05) is 6.07 Å². The smallest absolute Gasteiger partial charge is 0.325 e. The highest BCUT2D eigenvalue weighted by atomic mass is 19.1. The monoisotopic (exact) mass is 573 g/mol. The Balaban J connectivity index is 1.53. The Bertz CT molecular complexity index is 1440. The summed E-state index contributed by atoms with van der Waals surface area (Å²) >= 11 is 0. The van der Waals surface area contributed by atoms with Gasteiger partial charge in [-0.2, -0.15) is 0 Å². The highest BCUT2D eigenvalue weighted by molar-refractivity contribution is 6.10. The fourth-order valence-corrected chi connectivity index (χ4v) is 4.62. The molecule has 9 nitrogen and oxygen atoms in total. The second kappa shape index (κ2) is 14.3. The largest absolute Gasteiger partial charge is 0.491 e. The minimum atomic E-state index is -1.28. The van der Waals surface area contributed by atoms with Gasteiger partial charge in [0, 0.05) is 18.6 Å². The molecule has 218 valence electrons. The first-order valence-corrected chi connectivity index (χ1v) is 13.4. The van der Waals surface area contributed by atoms with Crippen molar-refractivity contribution < 1.29 is 33.0 Å². The number of hydrogen-bond donors (Lipinski definition) is 2. The van der Waals surface area contributed by atoms with Crippen LogP contribution in [0.25, 0.3) is 0 Å². The normalized spacial score (nSPS) is 16.0. The quantitative estimate of drug-likeness (QED) is 0.180. The number of carbonyl (C=O) groups excluding carboxylic acids is 3. The first-order chi connectivity index (χ1) is 20.3. The van der Waals surface area contributed by atoms with Crippen LogP contribution in [0.5, 0.6) is 5.75 Å². The summed E-state index contributed by atoms with van der Waals surface area (Å²) in [5, 5.41) is 5.22. The summed E-state index contributed by atoms with van der Waals surface area (Å²) in [4.78, 5) is 41.5. The van der Waals surface area contributed by atoms with Gasteiger partial charge < -0.3 is 24.8 Å². The van der Waals surface area contributed by atoms with Crippen LogP contribution in [0.2, 0.25) is 0 Å². The second-order valence-electron chi connectivity index (χ2n) is 9.59. The lowest BCUT2D eigenvalue weighted by molar-refractivity contribution is -0.134. The fourth-order valence-electron chi connectivity index (χ4n) is 4.62. The van der Waals surface area contributed by atoms with Crippen molar-refractivity contribution in [3.05, 3.63) is 95.3 Å². The van der Waals surface area contributed by atoms with Gasteiger partial charge in [0.15, 0.2) is 0 Å². The SMILES string of the molecule is C#Cc1ccc(NC(=O)C([C@@H](C)c2ccccc2)N2C(=O)N[C@H](c3ccc(OCCOCCOC)cc3)C2=O)c(F)c1. The van der Waals surface area contributed by atoms with Crippen molar-refractivity contribution in [1.29, 1.82) is 0 Å². The Morgan fingerprint density at radius 1 is 1.05 bits per heavy atom. The number of rotatable bonds is 13. The van der Waals surface area contributed by atoms with E-state index in [2.05, 4.69) is 16.6 Å². The number of anilines is 1. The van der Waals surface area contributed by atoms with Crippen molar-refractivity contribution in [2.45, 2.75) is 24.9 Å². The number of urea groups is 1. The lowest BCUT2D eigenvalue weighted by Crippen LogP contribution is -2.50. The van der Waals surface area contributed by atoms with Gasteiger partial charge in [-0.1, -0.05) is 55.3 Å². The molecule has 1 aliphatic rings. The van der Waals surface area contributed by atoms with E-state index in [0.29, 0.717) is 43.3 Å². The number of amides is 4. The van der Waals surface area contributed by atoms with Crippen LogP contribution in [0, 0.1) is 18.2 Å². The molecule has 1 unspecified atom stereocenters. The first kappa shape index (κ1) is 30.2. The number of hydrogen-bond acceptors (Lipinski definition) is 6. The van der Waals surface area contributed by atoms with E-state index in [9.17, 15) is 18.8 Å². The summed E-state index contributed by atoms with van der Waals surface area (Å²) in [5.41, 5.74) is 1.43. The molecule has 0 aliphatic carbocycles. The molecule has 1 saturated heterocycles. The van der Waals surface area contributed by atoms with Crippen molar-refractivity contribution in [2.24, 2.45) is 0 Å². The highest BCUT2D eigenvalue weighted by Gasteiger charge is 2.47. The third-order valence-electron chi connectivity index (χ3n) is 6.85. The Kier molecular flexibility index (Phi) is 10.3. The number of benzene rings is 3. The highest BCUT2D eigenvalue weighted by Crippen LogP contribution is 2.32. The topological polar surface area (TPSA) is 106 Å². The molecular weight excluding hydrogens is 541 g/mol. The van der Waals surface area contributed by atoms with Crippen molar-refractivity contribution in [1.82, 2.24) is 10.2 Å². The number of nitrogens with zero attached hydrogens (tertiary/aromatic N) is 1. The molecule has 3 aromatic carbocycles. The maximum atomic E-state index is 14.7. The van der Waals surface area contributed by atoms with Crippen LogP contribution >= 0.6 is 0 Å². The van der Waals surface area contributed by atoms with Crippen LogP contribution in [-0.2, 0) is 19.1 Å². The number of halogens is 1. The van der Waals surface area contributed by atoms with Gasteiger partial charge in [0.2, 0.25) is 5.91 Å². The van der Waals surface area contributed by atoms with Gasteiger partial charge in [0.1, 0.15) is 30.3 Å². The summed E-state index contributed by atoms with van der Waals surface area (Å²) in [5.74, 6) is 0.223. The van der Waals surface area contributed by atoms with E-state index in [1.54, 1.807) is 62.6 Å². The van der Waals surface area contributed by atoms with E-state index in [1.165, 1.54) is 12.1 Å². The summed E-state index contributed by atoms with van der Waals surface area (Å²) in [6.07, 6.45) is 5.34. The summed E-state index contributed by atoms with van der Waals surface area (Å²) in [6.45, 7) is 3.41. The van der Waals surface area contributed by atoms with E-state index in [0.717, 1.165) is 16.5 Å². The first-order valence-electron chi connectivity index (χ1n) is 13.4. The Morgan fingerprint density at radius 3 is 2.43 bits per heavy atom. The minimum Gasteiger partial charge on any atom is -0.491 e. The molecule has 1 fully saturated rings. The van der Waals surface area contributed by atoms with Gasteiger partial charge in [0.25, 0.3) is 5.91 Å². The van der Waals surface area contributed by atoms with Crippen LogP contribution in [0.3, 0.4) is 0 Å². The van der Waals surface area contributed by atoms with E-state index < -0.39 is 41.7 Å². The van der Waals surface area contributed by atoms with Gasteiger partial charge in [0.05, 0.1) is 25.5 Å². The zero-order chi connectivity index (χ0) is 30.1. The maximum Gasteiger partial charge on any atom is 0.325 e. The molecule has 3 atom stereocenters. The molecule has 4 amide bonds. The van der Waals surface area contributed by atoms with Crippen LogP contribution in [0.4, 0.5) is 14.9 Å². The number of carbonyl (C=O) groups is 3. The molecule has 1 heterocycles. The number of terminal acetylenes is 1. The molecule has 3 aromatic rings. The van der Waals surface area contributed by atoms with Crippen molar-refractivity contribution in [3.8, 4) is 18.1 Å². The fraction of sp³-hybridized carbons (Fsp3) is 0.281. The Labute approximate surface area is 243 Å². The number of nitrogens with one attached hydrogen (secondary N) is 2. The lowest BCUT2D eigenvalue weighted by Gasteiger charge is -2.30. The van der Waals surface area contributed by atoms with Crippen LogP contribution in [-0.4, -0.2) is 62.3 Å². The van der Waals surface area contributed by atoms with Crippen LogP contribution in [0.15, 0.2) is 72.8 Å². The molecule has 1 aliphatic heterocycles. The number of imide groups is 1. The van der Waals surface area contributed by atoms with Gasteiger partial charge in [-0.15, -0.1) is 6.42 Å². The van der Waals surface area contributed by atoms with Gasteiger partial charge in [-0.25, -0.2) is 14.1 Å². The summed E-state index contributed by atoms with van der Waals surface area (Å²) in [7, 11) is 1.60. The predicted octanol–water partition coefficient (Wildman–Crippen LogP) is 4.25. The van der Waals surface area contributed by atoms with E-state index in [4.69, 9.17) is 20.6 Å². The number of ether oxygens (including phenoxy) is 3. The number of methoxy groups -OCH3 is 1. The van der Waals surface area contributed by atoms with Crippen LogP contribution in [0.1, 0.15) is 35.6 Å². The Hall–Kier alpha value is -4.72. The molecule has 2 N–H and O–H groups in total. The molecule has 0 aromatic heterocycles. The molecule has 4 rings (SSSR count). The lowest BCUT2D eigenvalue weighted by atomic mass is 9.91. The third-order valence-corrected chi connectivity index (χ3v) is 6.85. The molecular formula is C32H32FN3O6. The van der Waals surface area contributed by atoms with Gasteiger partial charge in [-0.05, 0) is 41.5 Å². The Morgan fingerprint density at radius 2 is 1.76 bits per heavy atom.